The van der Waals surface area contributed by atoms with Gasteiger partial charge in [0.2, 0.25) is 0 Å². The van der Waals surface area contributed by atoms with E-state index in [2.05, 4.69) is 50.4 Å². The SMILES string of the molecule is CCCCCNCCOc1ccccc1C(C)CC. The van der Waals surface area contributed by atoms with Crippen molar-refractivity contribution in [3.8, 4) is 5.75 Å². The van der Waals surface area contributed by atoms with Crippen LogP contribution in [0.5, 0.6) is 5.75 Å². The van der Waals surface area contributed by atoms with Crippen LogP contribution in [-0.2, 0) is 0 Å². The van der Waals surface area contributed by atoms with Gasteiger partial charge in [-0.3, -0.25) is 0 Å². The van der Waals surface area contributed by atoms with Crippen molar-refractivity contribution in [2.45, 2.75) is 52.4 Å². The van der Waals surface area contributed by atoms with Gasteiger partial charge in [-0.1, -0.05) is 51.8 Å². The highest BCUT2D eigenvalue weighted by atomic mass is 16.5. The van der Waals surface area contributed by atoms with Gasteiger partial charge in [-0.15, -0.1) is 0 Å². The van der Waals surface area contributed by atoms with Crippen molar-refractivity contribution in [2.75, 3.05) is 19.7 Å². The second-order valence-electron chi connectivity index (χ2n) is 5.15. The Morgan fingerprint density at radius 1 is 1.11 bits per heavy atom. The van der Waals surface area contributed by atoms with Gasteiger partial charge in [0.15, 0.2) is 0 Å². The van der Waals surface area contributed by atoms with Gasteiger partial charge in [0.05, 0.1) is 0 Å². The number of unbranched alkanes of at least 4 members (excludes halogenated alkanes) is 2. The minimum Gasteiger partial charge on any atom is -0.492 e. The van der Waals surface area contributed by atoms with E-state index < -0.39 is 0 Å². The first-order valence-corrected chi connectivity index (χ1v) is 7.72. The molecule has 2 heteroatoms. The van der Waals surface area contributed by atoms with E-state index in [4.69, 9.17) is 4.74 Å². The van der Waals surface area contributed by atoms with E-state index in [0.717, 1.165) is 31.9 Å². The summed E-state index contributed by atoms with van der Waals surface area (Å²) in [5.41, 5.74) is 1.33. The van der Waals surface area contributed by atoms with Crippen molar-refractivity contribution in [1.29, 1.82) is 0 Å². The first-order valence-electron chi connectivity index (χ1n) is 7.72. The van der Waals surface area contributed by atoms with Crippen LogP contribution in [0.15, 0.2) is 24.3 Å². The second kappa shape index (κ2) is 9.85. The summed E-state index contributed by atoms with van der Waals surface area (Å²) in [7, 11) is 0. The van der Waals surface area contributed by atoms with Crippen LogP contribution in [0.4, 0.5) is 0 Å². The van der Waals surface area contributed by atoms with Crippen molar-refractivity contribution in [2.24, 2.45) is 0 Å². The van der Waals surface area contributed by atoms with Crippen LogP contribution in [0.25, 0.3) is 0 Å². The molecule has 19 heavy (non-hydrogen) atoms. The number of para-hydroxylation sites is 1. The molecule has 0 heterocycles. The van der Waals surface area contributed by atoms with Crippen LogP contribution in [-0.4, -0.2) is 19.7 Å². The summed E-state index contributed by atoms with van der Waals surface area (Å²) in [4.78, 5) is 0. The Labute approximate surface area is 118 Å². The minimum absolute atomic E-state index is 0.564. The van der Waals surface area contributed by atoms with Gasteiger partial charge in [0.1, 0.15) is 12.4 Å². The van der Waals surface area contributed by atoms with Gasteiger partial charge in [-0.05, 0) is 36.9 Å². The van der Waals surface area contributed by atoms with E-state index in [1.807, 2.05) is 0 Å². The predicted octanol–water partition coefficient (Wildman–Crippen LogP) is 4.36. The number of nitrogens with one attached hydrogen (secondary N) is 1. The summed E-state index contributed by atoms with van der Waals surface area (Å²) in [6, 6.07) is 8.41. The third kappa shape index (κ3) is 6.11. The third-order valence-electron chi connectivity index (χ3n) is 3.56. The average molecular weight is 263 g/mol. The van der Waals surface area contributed by atoms with Crippen molar-refractivity contribution < 1.29 is 4.74 Å². The molecule has 2 nitrogen and oxygen atoms in total. The summed E-state index contributed by atoms with van der Waals surface area (Å²) < 4.78 is 5.90. The summed E-state index contributed by atoms with van der Waals surface area (Å²) in [6.45, 7) is 9.49. The largest absolute Gasteiger partial charge is 0.492 e. The molecule has 0 aliphatic carbocycles. The topological polar surface area (TPSA) is 21.3 Å². The molecule has 0 saturated carbocycles. The molecule has 1 rings (SSSR count). The minimum atomic E-state index is 0.564. The van der Waals surface area contributed by atoms with Gasteiger partial charge in [0, 0.05) is 6.54 Å². The van der Waals surface area contributed by atoms with Crippen LogP contribution in [0.3, 0.4) is 0 Å². The molecule has 0 bridgehead atoms. The fraction of sp³-hybridized carbons (Fsp3) is 0.647. The fourth-order valence-electron chi connectivity index (χ4n) is 2.10. The first-order chi connectivity index (χ1) is 9.29. The molecule has 1 unspecified atom stereocenters. The predicted molar refractivity (Wildman–Crippen MR) is 83.0 cm³/mol. The molecular weight excluding hydrogens is 234 g/mol. The Morgan fingerprint density at radius 2 is 1.89 bits per heavy atom. The van der Waals surface area contributed by atoms with Crippen LogP contribution in [0, 0.1) is 0 Å². The van der Waals surface area contributed by atoms with Gasteiger partial charge in [0.25, 0.3) is 0 Å². The van der Waals surface area contributed by atoms with Crippen LogP contribution in [0.2, 0.25) is 0 Å². The van der Waals surface area contributed by atoms with Gasteiger partial charge in [-0.25, -0.2) is 0 Å². The fourth-order valence-corrected chi connectivity index (χ4v) is 2.10. The number of benzene rings is 1. The molecule has 0 fully saturated rings. The Morgan fingerprint density at radius 3 is 2.63 bits per heavy atom. The quantitative estimate of drug-likeness (QED) is 0.633. The Hall–Kier alpha value is -1.02. The highest BCUT2D eigenvalue weighted by Gasteiger charge is 2.08. The summed E-state index contributed by atoms with van der Waals surface area (Å²) in [6.07, 6.45) is 5.00. The van der Waals surface area contributed by atoms with Crippen molar-refractivity contribution in [3.05, 3.63) is 29.8 Å². The number of ether oxygens (including phenoxy) is 1. The smallest absolute Gasteiger partial charge is 0.122 e. The van der Waals surface area contributed by atoms with Crippen LogP contribution >= 0.6 is 0 Å². The lowest BCUT2D eigenvalue weighted by molar-refractivity contribution is 0.309. The maximum Gasteiger partial charge on any atom is 0.122 e. The zero-order valence-electron chi connectivity index (χ0n) is 12.7. The second-order valence-corrected chi connectivity index (χ2v) is 5.15. The van der Waals surface area contributed by atoms with Gasteiger partial charge < -0.3 is 10.1 Å². The maximum absolute atomic E-state index is 5.90. The van der Waals surface area contributed by atoms with Gasteiger partial charge >= 0.3 is 0 Å². The highest BCUT2D eigenvalue weighted by Crippen LogP contribution is 2.28. The molecule has 0 saturated heterocycles. The normalized spacial score (nSPS) is 12.4. The van der Waals surface area contributed by atoms with E-state index >= 15 is 0 Å². The molecule has 1 aromatic carbocycles. The molecule has 1 aromatic rings. The molecule has 1 N–H and O–H groups in total. The van der Waals surface area contributed by atoms with Crippen LogP contribution < -0.4 is 10.1 Å². The summed E-state index contributed by atoms with van der Waals surface area (Å²) in [5, 5.41) is 3.43. The van der Waals surface area contributed by atoms with E-state index in [1.54, 1.807) is 0 Å². The molecule has 0 aliphatic rings. The Bertz CT molecular complexity index is 338. The molecule has 0 amide bonds. The maximum atomic E-state index is 5.90. The zero-order chi connectivity index (χ0) is 13.9. The molecule has 108 valence electrons. The lowest BCUT2D eigenvalue weighted by Crippen LogP contribution is -2.22. The Balaban J connectivity index is 2.29. The lowest BCUT2D eigenvalue weighted by atomic mass is 9.98. The molecule has 0 spiro atoms. The standard InChI is InChI=1S/C17H29NO/c1-4-6-9-12-18-13-14-19-17-11-8-7-10-16(17)15(3)5-2/h7-8,10-11,15,18H,4-6,9,12-14H2,1-3H3. The van der Waals surface area contributed by atoms with E-state index in [0.29, 0.717) is 5.92 Å². The van der Waals surface area contributed by atoms with E-state index in [1.165, 1.54) is 24.8 Å². The number of rotatable bonds is 10. The van der Waals surface area contributed by atoms with E-state index in [9.17, 15) is 0 Å². The monoisotopic (exact) mass is 263 g/mol. The van der Waals surface area contributed by atoms with Crippen molar-refractivity contribution >= 4 is 0 Å². The average Bonchev–Trinajstić information content (AvgIpc) is 2.46. The lowest BCUT2D eigenvalue weighted by Gasteiger charge is -2.15. The number of hydrogen-bond acceptors (Lipinski definition) is 2. The summed E-state index contributed by atoms with van der Waals surface area (Å²) in [5.74, 6) is 1.61. The summed E-state index contributed by atoms with van der Waals surface area (Å²) >= 11 is 0. The molecule has 0 aliphatic heterocycles. The first kappa shape index (κ1) is 16.0. The highest BCUT2D eigenvalue weighted by molar-refractivity contribution is 5.35. The van der Waals surface area contributed by atoms with E-state index in [-0.39, 0.29) is 0 Å². The molecule has 1 atom stereocenters. The molecule has 0 radical (unpaired) electrons. The van der Waals surface area contributed by atoms with Crippen molar-refractivity contribution in [3.63, 3.8) is 0 Å². The van der Waals surface area contributed by atoms with Gasteiger partial charge in [-0.2, -0.15) is 0 Å². The molecular formula is C17H29NO. The zero-order valence-corrected chi connectivity index (χ0v) is 12.7. The van der Waals surface area contributed by atoms with Crippen molar-refractivity contribution in [1.82, 2.24) is 5.32 Å². The van der Waals surface area contributed by atoms with Crippen LogP contribution in [0.1, 0.15) is 57.9 Å². The molecule has 0 aromatic heterocycles. The number of hydrogen-bond donors (Lipinski definition) is 1. The third-order valence-corrected chi connectivity index (χ3v) is 3.56. The Kier molecular flexibility index (Phi) is 8.31.